The first kappa shape index (κ1) is 21.6. The molecule has 3 rings (SSSR count). The Morgan fingerprint density at radius 3 is 2.57 bits per heavy atom. The molecule has 1 heterocycles. The molecule has 0 spiro atoms. The molecule has 30 heavy (non-hydrogen) atoms. The molecule has 1 amide bonds. The molecule has 0 radical (unpaired) electrons. The lowest BCUT2D eigenvalue weighted by Gasteiger charge is -2.24. The smallest absolute Gasteiger partial charge is 0.308 e. The van der Waals surface area contributed by atoms with Crippen LogP contribution in [0.2, 0.25) is 0 Å². The number of ether oxygens (including phenoxy) is 4. The Balaban J connectivity index is 2.12. The van der Waals surface area contributed by atoms with Gasteiger partial charge in [0.25, 0.3) is 5.91 Å². The summed E-state index contributed by atoms with van der Waals surface area (Å²) in [6.45, 7) is 4.01. The molecule has 0 saturated carbocycles. The van der Waals surface area contributed by atoms with E-state index in [-0.39, 0.29) is 13.0 Å². The number of carbonyl (C=O) groups excluding carboxylic acids is 2. The first-order chi connectivity index (χ1) is 14.5. The number of aryl methyl sites for hydroxylation is 1. The number of hydrogen-bond acceptors (Lipinski definition) is 6. The maximum Gasteiger partial charge on any atom is 0.308 e. The number of hydrogen-bond donors (Lipinski definition) is 1. The summed E-state index contributed by atoms with van der Waals surface area (Å²) in [7, 11) is 3.12. The number of fused-ring (bicyclic) bond motifs is 1. The van der Waals surface area contributed by atoms with Gasteiger partial charge in [-0.05, 0) is 31.0 Å². The van der Waals surface area contributed by atoms with E-state index < -0.39 is 24.1 Å². The summed E-state index contributed by atoms with van der Waals surface area (Å²) in [4.78, 5) is 24.9. The summed E-state index contributed by atoms with van der Waals surface area (Å²) in [5.74, 6) is 0.187. The highest BCUT2D eigenvalue weighted by molar-refractivity contribution is 5.97. The van der Waals surface area contributed by atoms with Crippen LogP contribution in [0, 0.1) is 0 Å². The van der Waals surface area contributed by atoms with Crippen molar-refractivity contribution >= 4 is 17.6 Å². The lowest BCUT2D eigenvalue weighted by atomic mass is 9.96. The Labute approximate surface area is 176 Å². The molecule has 0 aromatic heterocycles. The highest BCUT2D eigenvalue weighted by Crippen LogP contribution is 2.43. The Hall–Kier alpha value is -3.06. The minimum atomic E-state index is -1.01. The average molecular weight is 413 g/mol. The van der Waals surface area contributed by atoms with Crippen LogP contribution in [-0.4, -0.2) is 38.8 Å². The SMILES string of the molecule is CCOC(=O)C[C@H]1O[C@H](c2cccc(OC)c2OC)c2cc(CC)ccc2NC1=O. The van der Waals surface area contributed by atoms with E-state index in [1.165, 1.54) is 0 Å². The maximum atomic E-state index is 12.8. The summed E-state index contributed by atoms with van der Waals surface area (Å²) in [5, 5.41) is 2.89. The van der Waals surface area contributed by atoms with E-state index in [0.717, 1.165) is 17.5 Å². The van der Waals surface area contributed by atoms with Crippen LogP contribution in [0.1, 0.15) is 43.1 Å². The van der Waals surface area contributed by atoms with Crippen molar-refractivity contribution in [1.29, 1.82) is 0 Å². The first-order valence-electron chi connectivity index (χ1n) is 9.97. The van der Waals surface area contributed by atoms with Gasteiger partial charge in [0, 0.05) is 16.8 Å². The van der Waals surface area contributed by atoms with Gasteiger partial charge in [0.05, 0.1) is 27.2 Å². The summed E-state index contributed by atoms with van der Waals surface area (Å²) in [6, 6.07) is 11.3. The van der Waals surface area contributed by atoms with Crippen LogP contribution in [0.4, 0.5) is 5.69 Å². The molecule has 7 heteroatoms. The first-order valence-corrected chi connectivity index (χ1v) is 9.97. The molecule has 1 aliphatic rings. The van der Waals surface area contributed by atoms with Crippen LogP contribution in [0.5, 0.6) is 11.5 Å². The summed E-state index contributed by atoms with van der Waals surface area (Å²) < 4.78 is 22.3. The molecule has 0 saturated heterocycles. The van der Waals surface area contributed by atoms with Gasteiger partial charge in [-0.2, -0.15) is 0 Å². The topological polar surface area (TPSA) is 83.1 Å². The van der Waals surface area contributed by atoms with Gasteiger partial charge in [0.15, 0.2) is 11.5 Å². The second-order valence-electron chi connectivity index (χ2n) is 6.86. The summed E-state index contributed by atoms with van der Waals surface area (Å²) in [5.41, 5.74) is 3.23. The van der Waals surface area contributed by atoms with Crippen molar-refractivity contribution in [3.63, 3.8) is 0 Å². The van der Waals surface area contributed by atoms with Gasteiger partial charge in [-0.25, -0.2) is 0 Å². The predicted octanol–water partition coefficient (Wildman–Crippen LogP) is 3.65. The fraction of sp³-hybridized carbons (Fsp3) is 0.391. The zero-order valence-corrected chi connectivity index (χ0v) is 17.7. The highest BCUT2D eigenvalue weighted by Gasteiger charge is 2.35. The van der Waals surface area contributed by atoms with Crippen molar-refractivity contribution in [3.8, 4) is 11.5 Å². The Bertz CT molecular complexity index is 926. The van der Waals surface area contributed by atoms with Crippen LogP contribution in [0.15, 0.2) is 36.4 Å². The molecule has 160 valence electrons. The third-order valence-corrected chi connectivity index (χ3v) is 5.03. The third-order valence-electron chi connectivity index (χ3n) is 5.03. The van der Waals surface area contributed by atoms with E-state index in [9.17, 15) is 9.59 Å². The van der Waals surface area contributed by atoms with E-state index >= 15 is 0 Å². The van der Waals surface area contributed by atoms with E-state index in [1.54, 1.807) is 27.2 Å². The fourth-order valence-corrected chi connectivity index (χ4v) is 3.55. The number of benzene rings is 2. The molecule has 7 nitrogen and oxygen atoms in total. The average Bonchev–Trinajstić information content (AvgIpc) is 2.89. The van der Waals surface area contributed by atoms with E-state index in [2.05, 4.69) is 12.2 Å². The summed E-state index contributed by atoms with van der Waals surface area (Å²) in [6.07, 6.45) is -1.01. The van der Waals surface area contributed by atoms with Crippen LogP contribution in [0.25, 0.3) is 0 Å². The minimum Gasteiger partial charge on any atom is -0.493 e. The number of amides is 1. The van der Waals surface area contributed by atoms with Crippen molar-refractivity contribution in [2.45, 2.75) is 38.9 Å². The van der Waals surface area contributed by atoms with Crippen molar-refractivity contribution in [2.24, 2.45) is 0 Å². The largest absolute Gasteiger partial charge is 0.493 e. The van der Waals surface area contributed by atoms with Gasteiger partial charge in [0.1, 0.15) is 12.2 Å². The number of carbonyl (C=O) groups is 2. The number of rotatable bonds is 7. The van der Waals surface area contributed by atoms with Gasteiger partial charge >= 0.3 is 5.97 Å². The Morgan fingerprint density at radius 1 is 1.10 bits per heavy atom. The van der Waals surface area contributed by atoms with E-state index in [4.69, 9.17) is 18.9 Å². The van der Waals surface area contributed by atoms with Gasteiger partial charge < -0.3 is 24.3 Å². The van der Waals surface area contributed by atoms with E-state index in [0.29, 0.717) is 22.7 Å². The summed E-state index contributed by atoms with van der Waals surface area (Å²) >= 11 is 0. The lowest BCUT2D eigenvalue weighted by molar-refractivity contribution is -0.150. The molecule has 1 aliphatic heterocycles. The third kappa shape index (κ3) is 4.41. The number of nitrogens with one attached hydrogen (secondary N) is 1. The molecule has 0 aliphatic carbocycles. The number of esters is 1. The monoisotopic (exact) mass is 413 g/mol. The maximum absolute atomic E-state index is 12.8. The molecule has 0 fully saturated rings. The molecule has 0 bridgehead atoms. The second-order valence-corrected chi connectivity index (χ2v) is 6.86. The lowest BCUT2D eigenvalue weighted by Crippen LogP contribution is -2.32. The van der Waals surface area contributed by atoms with Crippen LogP contribution >= 0.6 is 0 Å². The number of para-hydroxylation sites is 1. The molecule has 2 aromatic rings. The number of anilines is 1. The van der Waals surface area contributed by atoms with Crippen LogP contribution in [-0.2, 0) is 25.5 Å². The number of methoxy groups -OCH3 is 2. The fourth-order valence-electron chi connectivity index (χ4n) is 3.55. The molecular formula is C23H27NO6. The zero-order chi connectivity index (χ0) is 21.7. The van der Waals surface area contributed by atoms with Crippen molar-refractivity contribution in [1.82, 2.24) is 0 Å². The molecular weight excluding hydrogens is 386 g/mol. The van der Waals surface area contributed by atoms with Crippen molar-refractivity contribution in [2.75, 3.05) is 26.1 Å². The minimum absolute atomic E-state index is 0.183. The zero-order valence-electron chi connectivity index (χ0n) is 17.7. The van der Waals surface area contributed by atoms with Gasteiger partial charge in [-0.15, -0.1) is 0 Å². The van der Waals surface area contributed by atoms with Gasteiger partial charge in [-0.1, -0.05) is 31.2 Å². The second kappa shape index (κ2) is 9.63. The quantitative estimate of drug-likeness (QED) is 0.698. The van der Waals surface area contributed by atoms with E-state index in [1.807, 2.05) is 30.3 Å². The van der Waals surface area contributed by atoms with Crippen molar-refractivity contribution < 1.29 is 28.5 Å². The van der Waals surface area contributed by atoms with Gasteiger partial charge in [0.2, 0.25) is 0 Å². The Morgan fingerprint density at radius 2 is 1.90 bits per heavy atom. The molecule has 0 unspecified atom stereocenters. The molecule has 2 atom stereocenters. The van der Waals surface area contributed by atoms with Gasteiger partial charge in [-0.3, -0.25) is 9.59 Å². The highest BCUT2D eigenvalue weighted by atomic mass is 16.5. The molecule has 2 aromatic carbocycles. The van der Waals surface area contributed by atoms with Crippen LogP contribution in [0.3, 0.4) is 0 Å². The van der Waals surface area contributed by atoms with Crippen LogP contribution < -0.4 is 14.8 Å². The predicted molar refractivity (Wildman–Crippen MR) is 112 cm³/mol. The van der Waals surface area contributed by atoms with Crippen molar-refractivity contribution in [3.05, 3.63) is 53.1 Å². The standard InChI is InChI=1S/C23H27NO6/c1-5-14-10-11-17-16(12-14)21(15-8-7-9-18(27-3)22(15)28-4)30-19(23(26)24-17)13-20(25)29-6-2/h7-12,19,21H,5-6,13H2,1-4H3,(H,24,26)/t19-,21-/m1/s1. The normalized spacial score (nSPS) is 18.1. The Kier molecular flexibility index (Phi) is 6.95. The molecule has 1 N–H and O–H groups in total.